The third-order valence-corrected chi connectivity index (χ3v) is 4.60. The fourth-order valence-corrected chi connectivity index (χ4v) is 3.26. The zero-order valence-corrected chi connectivity index (χ0v) is 13.9. The molecule has 130 valence electrons. The highest BCUT2D eigenvalue weighted by Crippen LogP contribution is 2.31. The van der Waals surface area contributed by atoms with Crippen molar-refractivity contribution in [3.05, 3.63) is 54.2 Å². The largest absolute Gasteiger partial charge is 0.330 e. The van der Waals surface area contributed by atoms with E-state index >= 15 is 0 Å². The van der Waals surface area contributed by atoms with Crippen molar-refractivity contribution >= 4 is 23.3 Å². The molecule has 0 spiro atoms. The molecule has 2 aromatic rings. The van der Waals surface area contributed by atoms with E-state index in [2.05, 4.69) is 15.6 Å². The van der Waals surface area contributed by atoms with Crippen molar-refractivity contribution in [1.29, 1.82) is 0 Å². The molecule has 6 nitrogen and oxygen atoms in total. The van der Waals surface area contributed by atoms with Gasteiger partial charge >= 0.3 is 0 Å². The molecule has 25 heavy (non-hydrogen) atoms. The van der Waals surface area contributed by atoms with E-state index < -0.39 is 0 Å². The Morgan fingerprint density at radius 2 is 2.00 bits per heavy atom. The summed E-state index contributed by atoms with van der Waals surface area (Å²) < 4.78 is 0. The number of nitrogens with two attached hydrogens (primary N) is 1. The van der Waals surface area contributed by atoms with E-state index in [1.807, 2.05) is 0 Å². The fraction of sp³-hybridized carbons (Fsp3) is 0.316. The van der Waals surface area contributed by atoms with E-state index in [1.165, 1.54) is 0 Å². The van der Waals surface area contributed by atoms with Gasteiger partial charge in [-0.3, -0.25) is 9.59 Å². The van der Waals surface area contributed by atoms with Gasteiger partial charge in [0.25, 0.3) is 5.91 Å². The Morgan fingerprint density at radius 3 is 2.76 bits per heavy atom. The molecule has 4 N–H and O–H groups in total. The SMILES string of the molecule is NC[C@H]1CCC[C@H]1C(=O)Nc1cccc(C(=O)Nc2ccccn2)c1. The zero-order chi connectivity index (χ0) is 17.6. The minimum absolute atomic E-state index is 0.0183. The van der Waals surface area contributed by atoms with Crippen LogP contribution in [-0.2, 0) is 4.79 Å². The van der Waals surface area contributed by atoms with Crippen molar-refractivity contribution in [2.75, 3.05) is 17.2 Å². The van der Waals surface area contributed by atoms with Crippen molar-refractivity contribution in [2.24, 2.45) is 17.6 Å². The molecule has 1 fully saturated rings. The molecule has 1 heterocycles. The number of pyridine rings is 1. The Bertz CT molecular complexity index is 748. The summed E-state index contributed by atoms with van der Waals surface area (Å²) in [5.41, 5.74) is 6.83. The summed E-state index contributed by atoms with van der Waals surface area (Å²) in [7, 11) is 0. The molecule has 6 heteroatoms. The first-order valence-corrected chi connectivity index (χ1v) is 8.51. The highest BCUT2D eigenvalue weighted by molar-refractivity contribution is 6.05. The Balaban J connectivity index is 1.67. The van der Waals surface area contributed by atoms with Gasteiger partial charge in [0.2, 0.25) is 5.91 Å². The molecule has 2 atom stereocenters. The van der Waals surface area contributed by atoms with E-state index in [4.69, 9.17) is 5.73 Å². The van der Waals surface area contributed by atoms with Crippen LogP contribution < -0.4 is 16.4 Å². The van der Waals surface area contributed by atoms with Crippen molar-refractivity contribution in [1.82, 2.24) is 4.98 Å². The lowest BCUT2D eigenvalue weighted by atomic mass is 9.95. The first-order valence-electron chi connectivity index (χ1n) is 8.51. The van der Waals surface area contributed by atoms with Gasteiger partial charge in [0.15, 0.2) is 0 Å². The van der Waals surface area contributed by atoms with Crippen LogP contribution in [0.2, 0.25) is 0 Å². The maximum absolute atomic E-state index is 12.5. The summed E-state index contributed by atoms with van der Waals surface area (Å²) in [5.74, 6) is 0.399. The number of carbonyl (C=O) groups is 2. The van der Waals surface area contributed by atoms with Crippen LogP contribution in [0.1, 0.15) is 29.6 Å². The van der Waals surface area contributed by atoms with Crippen LogP contribution in [0.5, 0.6) is 0 Å². The van der Waals surface area contributed by atoms with Gasteiger partial charge < -0.3 is 16.4 Å². The minimum atomic E-state index is -0.268. The molecule has 0 saturated heterocycles. The van der Waals surface area contributed by atoms with Crippen LogP contribution in [0.4, 0.5) is 11.5 Å². The van der Waals surface area contributed by atoms with Crippen LogP contribution >= 0.6 is 0 Å². The van der Waals surface area contributed by atoms with Gasteiger partial charge in [-0.25, -0.2) is 4.98 Å². The summed E-state index contributed by atoms with van der Waals surface area (Å²) >= 11 is 0. The standard InChI is InChI=1S/C19H22N4O2/c20-12-14-6-4-8-16(14)19(25)22-15-7-3-5-13(11-15)18(24)23-17-9-1-2-10-21-17/h1-3,5,7,9-11,14,16H,4,6,8,12,20H2,(H,22,25)(H,21,23,24)/t14-,16-/m1/s1. The zero-order valence-electron chi connectivity index (χ0n) is 13.9. The molecular weight excluding hydrogens is 316 g/mol. The molecule has 3 rings (SSSR count). The predicted octanol–water partition coefficient (Wildman–Crippen LogP) is 2.65. The summed E-state index contributed by atoms with van der Waals surface area (Å²) in [5, 5.41) is 5.65. The molecule has 1 aromatic heterocycles. The highest BCUT2D eigenvalue weighted by atomic mass is 16.2. The molecule has 2 amide bonds. The first-order chi connectivity index (χ1) is 12.2. The van der Waals surface area contributed by atoms with Gasteiger partial charge in [0.1, 0.15) is 5.82 Å². The number of nitrogens with zero attached hydrogens (tertiary/aromatic N) is 1. The Kier molecular flexibility index (Phi) is 5.40. The third-order valence-electron chi connectivity index (χ3n) is 4.60. The number of carbonyl (C=O) groups excluding carboxylic acids is 2. The highest BCUT2D eigenvalue weighted by Gasteiger charge is 2.31. The van der Waals surface area contributed by atoms with Crippen molar-refractivity contribution in [3.8, 4) is 0 Å². The topological polar surface area (TPSA) is 97.1 Å². The number of hydrogen-bond acceptors (Lipinski definition) is 4. The van der Waals surface area contributed by atoms with E-state index in [9.17, 15) is 9.59 Å². The molecular formula is C19H22N4O2. The Morgan fingerprint density at radius 1 is 1.12 bits per heavy atom. The number of rotatable bonds is 5. The van der Waals surface area contributed by atoms with E-state index in [-0.39, 0.29) is 23.7 Å². The summed E-state index contributed by atoms with van der Waals surface area (Å²) in [6, 6.07) is 12.2. The number of amides is 2. The second kappa shape index (κ2) is 7.90. The average Bonchev–Trinajstić information content (AvgIpc) is 3.12. The fourth-order valence-electron chi connectivity index (χ4n) is 3.26. The molecule has 1 aliphatic carbocycles. The second-order valence-corrected chi connectivity index (χ2v) is 6.27. The summed E-state index contributed by atoms with van der Waals surface area (Å²) in [4.78, 5) is 28.9. The summed E-state index contributed by atoms with van der Waals surface area (Å²) in [6.45, 7) is 0.532. The molecule has 0 bridgehead atoms. The van der Waals surface area contributed by atoms with Crippen LogP contribution in [0.25, 0.3) is 0 Å². The van der Waals surface area contributed by atoms with Gasteiger partial charge in [0, 0.05) is 23.4 Å². The minimum Gasteiger partial charge on any atom is -0.330 e. The lowest BCUT2D eigenvalue weighted by Gasteiger charge is -2.17. The van der Waals surface area contributed by atoms with E-state index in [1.54, 1.807) is 48.7 Å². The summed E-state index contributed by atoms with van der Waals surface area (Å²) in [6.07, 6.45) is 4.52. The van der Waals surface area contributed by atoms with Gasteiger partial charge in [-0.05, 0) is 55.6 Å². The van der Waals surface area contributed by atoms with E-state index in [0.29, 0.717) is 23.6 Å². The smallest absolute Gasteiger partial charge is 0.256 e. The number of aromatic nitrogens is 1. The van der Waals surface area contributed by atoms with Crippen molar-refractivity contribution in [2.45, 2.75) is 19.3 Å². The number of anilines is 2. The van der Waals surface area contributed by atoms with Gasteiger partial charge in [-0.15, -0.1) is 0 Å². The maximum atomic E-state index is 12.5. The monoisotopic (exact) mass is 338 g/mol. The Labute approximate surface area is 146 Å². The second-order valence-electron chi connectivity index (χ2n) is 6.27. The normalized spacial score (nSPS) is 19.4. The van der Waals surface area contributed by atoms with Crippen molar-refractivity contribution in [3.63, 3.8) is 0 Å². The number of benzene rings is 1. The van der Waals surface area contributed by atoms with Crippen LogP contribution in [0.15, 0.2) is 48.7 Å². The van der Waals surface area contributed by atoms with Crippen molar-refractivity contribution < 1.29 is 9.59 Å². The van der Waals surface area contributed by atoms with Crippen LogP contribution in [0.3, 0.4) is 0 Å². The number of hydrogen-bond donors (Lipinski definition) is 3. The molecule has 0 aliphatic heterocycles. The third kappa shape index (κ3) is 4.22. The molecule has 1 aromatic carbocycles. The van der Waals surface area contributed by atoms with Gasteiger partial charge in [0.05, 0.1) is 0 Å². The van der Waals surface area contributed by atoms with Crippen LogP contribution in [-0.4, -0.2) is 23.3 Å². The lowest BCUT2D eigenvalue weighted by molar-refractivity contribution is -0.120. The van der Waals surface area contributed by atoms with Gasteiger partial charge in [-0.1, -0.05) is 18.6 Å². The lowest BCUT2D eigenvalue weighted by Crippen LogP contribution is -2.29. The maximum Gasteiger partial charge on any atom is 0.256 e. The molecule has 1 aliphatic rings. The average molecular weight is 338 g/mol. The number of nitrogens with one attached hydrogen (secondary N) is 2. The quantitative estimate of drug-likeness (QED) is 0.781. The van der Waals surface area contributed by atoms with Gasteiger partial charge in [-0.2, -0.15) is 0 Å². The molecule has 0 unspecified atom stereocenters. The Hall–Kier alpha value is -2.73. The first kappa shape index (κ1) is 17.1. The predicted molar refractivity (Wildman–Crippen MR) is 97.1 cm³/mol. The molecule has 1 saturated carbocycles. The van der Waals surface area contributed by atoms with E-state index in [0.717, 1.165) is 19.3 Å². The molecule has 0 radical (unpaired) electrons. The van der Waals surface area contributed by atoms with Crippen LogP contribution in [0, 0.1) is 11.8 Å².